The van der Waals surface area contributed by atoms with Crippen LogP contribution in [0.5, 0.6) is 0 Å². The molecule has 0 N–H and O–H groups in total. The SMILES string of the molecule is Cc1cc(C)c(C)c(SCCn2cnc3ccccc32)c1C. The van der Waals surface area contributed by atoms with Crippen molar-refractivity contribution in [1.82, 2.24) is 9.55 Å². The van der Waals surface area contributed by atoms with E-state index in [4.69, 9.17) is 0 Å². The van der Waals surface area contributed by atoms with Crippen LogP contribution in [-0.4, -0.2) is 15.3 Å². The molecule has 0 atom stereocenters. The van der Waals surface area contributed by atoms with Crippen molar-refractivity contribution in [2.24, 2.45) is 0 Å². The van der Waals surface area contributed by atoms with E-state index in [1.165, 1.54) is 32.7 Å². The molecule has 0 radical (unpaired) electrons. The summed E-state index contributed by atoms with van der Waals surface area (Å²) in [6.07, 6.45) is 1.95. The van der Waals surface area contributed by atoms with Crippen LogP contribution in [0.4, 0.5) is 0 Å². The van der Waals surface area contributed by atoms with Crippen LogP contribution in [0.15, 0.2) is 41.6 Å². The lowest BCUT2D eigenvalue weighted by atomic mass is 10.0. The number of thioether (sulfide) groups is 1. The highest BCUT2D eigenvalue weighted by Crippen LogP contribution is 2.31. The van der Waals surface area contributed by atoms with Crippen molar-refractivity contribution >= 4 is 22.8 Å². The number of fused-ring (bicyclic) bond motifs is 1. The molecule has 0 bridgehead atoms. The highest BCUT2D eigenvalue weighted by Gasteiger charge is 2.09. The van der Waals surface area contributed by atoms with Gasteiger partial charge in [0.2, 0.25) is 0 Å². The Labute approximate surface area is 136 Å². The lowest BCUT2D eigenvalue weighted by molar-refractivity contribution is 0.796. The molecule has 114 valence electrons. The number of hydrogen-bond donors (Lipinski definition) is 0. The second-order valence-electron chi connectivity index (χ2n) is 5.86. The Bertz CT molecular complexity index is 791. The first-order chi connectivity index (χ1) is 10.6. The summed E-state index contributed by atoms with van der Waals surface area (Å²) in [6.45, 7) is 9.86. The minimum atomic E-state index is 0.983. The summed E-state index contributed by atoms with van der Waals surface area (Å²) < 4.78 is 2.25. The number of nitrogens with zero attached hydrogens (tertiary/aromatic N) is 2. The number of rotatable bonds is 4. The molecule has 0 saturated heterocycles. The fourth-order valence-corrected chi connectivity index (χ4v) is 4.08. The second kappa shape index (κ2) is 6.17. The Morgan fingerprint density at radius 1 is 1.00 bits per heavy atom. The van der Waals surface area contributed by atoms with Crippen LogP contribution in [-0.2, 0) is 6.54 Å². The van der Waals surface area contributed by atoms with E-state index in [-0.39, 0.29) is 0 Å². The van der Waals surface area contributed by atoms with Gasteiger partial charge in [0.05, 0.1) is 17.4 Å². The van der Waals surface area contributed by atoms with Crippen LogP contribution in [0.3, 0.4) is 0 Å². The Hall–Kier alpha value is -1.74. The molecule has 2 nitrogen and oxygen atoms in total. The van der Waals surface area contributed by atoms with E-state index in [9.17, 15) is 0 Å². The van der Waals surface area contributed by atoms with Crippen molar-refractivity contribution in [3.05, 3.63) is 58.9 Å². The van der Waals surface area contributed by atoms with E-state index in [1.807, 2.05) is 24.2 Å². The molecule has 3 heteroatoms. The van der Waals surface area contributed by atoms with E-state index in [1.54, 1.807) is 0 Å². The predicted molar refractivity (Wildman–Crippen MR) is 95.8 cm³/mol. The van der Waals surface area contributed by atoms with E-state index in [0.717, 1.165) is 17.8 Å². The van der Waals surface area contributed by atoms with Crippen LogP contribution in [0, 0.1) is 27.7 Å². The molecule has 3 rings (SSSR count). The molecule has 0 aliphatic heterocycles. The normalized spacial score (nSPS) is 11.3. The lowest BCUT2D eigenvalue weighted by Crippen LogP contribution is -2.00. The van der Waals surface area contributed by atoms with Gasteiger partial charge in [-0.1, -0.05) is 18.2 Å². The van der Waals surface area contributed by atoms with Gasteiger partial charge >= 0.3 is 0 Å². The third-order valence-electron chi connectivity index (χ3n) is 4.40. The number of imidazole rings is 1. The maximum Gasteiger partial charge on any atom is 0.0958 e. The fraction of sp³-hybridized carbons (Fsp3) is 0.316. The summed E-state index contributed by atoms with van der Waals surface area (Å²) in [5.74, 6) is 1.06. The highest BCUT2D eigenvalue weighted by molar-refractivity contribution is 7.99. The van der Waals surface area contributed by atoms with Crippen molar-refractivity contribution in [1.29, 1.82) is 0 Å². The highest BCUT2D eigenvalue weighted by atomic mass is 32.2. The van der Waals surface area contributed by atoms with Crippen molar-refractivity contribution < 1.29 is 0 Å². The molecule has 0 saturated carbocycles. The van der Waals surface area contributed by atoms with Gasteiger partial charge < -0.3 is 4.57 Å². The smallest absolute Gasteiger partial charge is 0.0958 e. The van der Waals surface area contributed by atoms with Crippen LogP contribution in [0.1, 0.15) is 22.3 Å². The monoisotopic (exact) mass is 310 g/mol. The summed E-state index contributed by atoms with van der Waals surface area (Å²) in [5.41, 5.74) is 7.91. The first-order valence-electron chi connectivity index (χ1n) is 7.68. The van der Waals surface area contributed by atoms with Gasteiger partial charge in [-0.25, -0.2) is 4.98 Å². The van der Waals surface area contributed by atoms with E-state index < -0.39 is 0 Å². The molecule has 0 spiro atoms. The average molecular weight is 310 g/mol. The minimum Gasteiger partial charge on any atom is -0.330 e. The number of benzene rings is 2. The van der Waals surface area contributed by atoms with E-state index in [0.29, 0.717) is 0 Å². The first-order valence-corrected chi connectivity index (χ1v) is 8.66. The summed E-state index contributed by atoms with van der Waals surface area (Å²) in [5, 5.41) is 0. The molecule has 1 aromatic heterocycles. The van der Waals surface area contributed by atoms with Gasteiger partial charge in [0.1, 0.15) is 0 Å². The zero-order chi connectivity index (χ0) is 15.7. The van der Waals surface area contributed by atoms with E-state index in [2.05, 4.69) is 61.5 Å². The van der Waals surface area contributed by atoms with Crippen molar-refractivity contribution in [2.45, 2.75) is 39.1 Å². The topological polar surface area (TPSA) is 17.8 Å². The third-order valence-corrected chi connectivity index (χ3v) is 5.69. The van der Waals surface area contributed by atoms with Gasteiger partial charge in [-0.2, -0.15) is 0 Å². The fourth-order valence-electron chi connectivity index (χ4n) is 2.83. The molecule has 0 aliphatic rings. The predicted octanol–water partition coefficient (Wildman–Crippen LogP) is 5.06. The van der Waals surface area contributed by atoms with Crippen LogP contribution in [0.25, 0.3) is 11.0 Å². The molecule has 0 unspecified atom stereocenters. The molecular weight excluding hydrogens is 288 g/mol. The Morgan fingerprint density at radius 3 is 2.41 bits per heavy atom. The molecular formula is C19H22N2S. The van der Waals surface area contributed by atoms with Gasteiger partial charge in [0, 0.05) is 17.2 Å². The zero-order valence-electron chi connectivity index (χ0n) is 13.7. The molecule has 1 heterocycles. The first kappa shape index (κ1) is 15.2. The quantitative estimate of drug-likeness (QED) is 0.627. The Kier molecular flexibility index (Phi) is 4.25. The number of para-hydroxylation sites is 2. The van der Waals surface area contributed by atoms with Gasteiger partial charge in [0.15, 0.2) is 0 Å². The van der Waals surface area contributed by atoms with Gasteiger partial charge in [-0.15, -0.1) is 11.8 Å². The average Bonchev–Trinajstić information content (AvgIpc) is 2.92. The third kappa shape index (κ3) is 2.78. The van der Waals surface area contributed by atoms with Gasteiger partial charge in [-0.3, -0.25) is 0 Å². The number of hydrogen-bond acceptors (Lipinski definition) is 2. The van der Waals surface area contributed by atoms with E-state index >= 15 is 0 Å². The maximum absolute atomic E-state index is 4.46. The summed E-state index contributed by atoms with van der Waals surface area (Å²) in [4.78, 5) is 5.91. The molecule has 22 heavy (non-hydrogen) atoms. The molecule has 0 fully saturated rings. The summed E-state index contributed by atoms with van der Waals surface area (Å²) >= 11 is 1.96. The van der Waals surface area contributed by atoms with Crippen molar-refractivity contribution in [3.63, 3.8) is 0 Å². The summed E-state index contributed by atoms with van der Waals surface area (Å²) in [7, 11) is 0. The lowest BCUT2D eigenvalue weighted by Gasteiger charge is -2.15. The zero-order valence-corrected chi connectivity index (χ0v) is 14.5. The standard InChI is InChI=1S/C19H22N2S/c1-13-11-14(2)16(4)19(15(13)3)22-10-9-21-12-20-17-7-5-6-8-18(17)21/h5-8,11-12H,9-10H2,1-4H3. The Balaban J connectivity index is 1.77. The molecule has 2 aromatic carbocycles. The van der Waals surface area contributed by atoms with Gasteiger partial charge in [-0.05, 0) is 62.1 Å². The largest absolute Gasteiger partial charge is 0.330 e. The number of aromatic nitrogens is 2. The van der Waals surface area contributed by atoms with Crippen molar-refractivity contribution in [3.8, 4) is 0 Å². The van der Waals surface area contributed by atoms with Crippen LogP contribution < -0.4 is 0 Å². The van der Waals surface area contributed by atoms with Gasteiger partial charge in [0.25, 0.3) is 0 Å². The summed E-state index contributed by atoms with van der Waals surface area (Å²) in [6, 6.07) is 10.6. The molecule has 0 aliphatic carbocycles. The second-order valence-corrected chi connectivity index (χ2v) is 6.97. The molecule has 0 amide bonds. The Morgan fingerprint density at radius 2 is 1.68 bits per heavy atom. The molecule has 3 aromatic rings. The van der Waals surface area contributed by atoms with Crippen LogP contribution in [0.2, 0.25) is 0 Å². The number of aryl methyl sites for hydroxylation is 3. The minimum absolute atomic E-state index is 0.983. The maximum atomic E-state index is 4.46. The van der Waals surface area contributed by atoms with Crippen LogP contribution >= 0.6 is 11.8 Å². The van der Waals surface area contributed by atoms with Crippen molar-refractivity contribution in [2.75, 3.05) is 5.75 Å².